The lowest BCUT2D eigenvalue weighted by Gasteiger charge is -2.16. The molecule has 0 aliphatic heterocycles. The number of ether oxygens (including phenoxy) is 1. The first-order chi connectivity index (χ1) is 13.6. The highest BCUT2D eigenvalue weighted by atomic mass is 19.4. The number of halogens is 3. The lowest BCUT2D eigenvalue weighted by molar-refractivity contribution is -0.205. The van der Waals surface area contributed by atoms with Crippen molar-refractivity contribution < 1.29 is 23.0 Å². The van der Waals surface area contributed by atoms with Crippen LogP contribution in [0, 0.1) is 5.92 Å². The molecule has 1 N–H and O–H groups in total. The number of methoxy groups -OCH3 is 1. The van der Waals surface area contributed by atoms with E-state index in [1.54, 1.807) is 7.11 Å². The third-order valence-corrected chi connectivity index (χ3v) is 5.19. The molecule has 0 fully saturated rings. The summed E-state index contributed by atoms with van der Waals surface area (Å²) in [4.78, 5) is 0. The number of aromatic nitrogens is 1. The first-order valence-electron chi connectivity index (χ1n) is 9.89. The zero-order valence-corrected chi connectivity index (χ0v) is 17.5. The molecule has 160 valence electrons. The summed E-state index contributed by atoms with van der Waals surface area (Å²) >= 11 is 0. The van der Waals surface area contributed by atoms with Gasteiger partial charge in [-0.2, -0.15) is 13.2 Å². The Hall–Kier alpha value is -2.21. The first kappa shape index (κ1) is 23.1. The van der Waals surface area contributed by atoms with E-state index in [2.05, 4.69) is 32.6 Å². The van der Waals surface area contributed by atoms with Crippen molar-refractivity contribution in [2.75, 3.05) is 7.11 Å². The number of rotatable bonds is 9. The van der Waals surface area contributed by atoms with Crippen LogP contribution in [0.4, 0.5) is 13.2 Å². The van der Waals surface area contributed by atoms with Crippen LogP contribution in [0.15, 0.2) is 30.9 Å². The second-order valence-electron chi connectivity index (χ2n) is 7.52. The van der Waals surface area contributed by atoms with Gasteiger partial charge in [0.05, 0.1) is 18.3 Å². The molecule has 2 unspecified atom stereocenters. The molecular weight excluding hydrogens is 379 g/mol. The number of alkyl halides is 3. The lowest BCUT2D eigenvalue weighted by atomic mass is 10.0. The minimum absolute atomic E-state index is 0.191. The highest BCUT2D eigenvalue weighted by molar-refractivity contribution is 5.96. The summed E-state index contributed by atoms with van der Waals surface area (Å²) in [7, 11) is 1.58. The Balaban J connectivity index is 2.52. The molecule has 6 heteroatoms. The van der Waals surface area contributed by atoms with Gasteiger partial charge < -0.3 is 14.4 Å². The summed E-state index contributed by atoms with van der Waals surface area (Å²) in [6, 6.07) is 5.74. The SMILES string of the molecule is C=C(C)c1c(/C=C\C(C)CC)c2ccc(OC)cc2n1CCCC(O)C(F)(F)F. The maximum Gasteiger partial charge on any atom is 0.414 e. The Kier molecular flexibility index (Phi) is 7.58. The van der Waals surface area contributed by atoms with Gasteiger partial charge in [0, 0.05) is 23.6 Å². The molecule has 0 radical (unpaired) electrons. The Morgan fingerprint density at radius 3 is 2.59 bits per heavy atom. The standard InChI is InChI=1S/C23H30F3NO2/c1-6-16(4)9-11-19-18-12-10-17(29-5)14-20(18)27(22(19)15(2)3)13-7-8-21(28)23(24,25)26/h9-12,14,16,21,28H,2,6-8,13H2,1,3-5H3/b11-9-. The van der Waals surface area contributed by atoms with Gasteiger partial charge in [-0.1, -0.05) is 39.0 Å². The minimum Gasteiger partial charge on any atom is -0.497 e. The second-order valence-corrected chi connectivity index (χ2v) is 7.52. The fourth-order valence-corrected chi connectivity index (χ4v) is 3.35. The van der Waals surface area contributed by atoms with Crippen LogP contribution in [0.2, 0.25) is 0 Å². The van der Waals surface area contributed by atoms with E-state index in [-0.39, 0.29) is 12.8 Å². The first-order valence-corrected chi connectivity index (χ1v) is 9.89. The predicted molar refractivity (Wildman–Crippen MR) is 113 cm³/mol. The summed E-state index contributed by atoms with van der Waals surface area (Å²) < 4.78 is 45.3. The van der Waals surface area contributed by atoms with Crippen LogP contribution in [-0.2, 0) is 6.54 Å². The van der Waals surface area contributed by atoms with Crippen LogP contribution in [0.1, 0.15) is 51.3 Å². The van der Waals surface area contributed by atoms with Crippen molar-refractivity contribution in [1.29, 1.82) is 0 Å². The summed E-state index contributed by atoms with van der Waals surface area (Å²) in [6.45, 7) is 10.6. The zero-order valence-electron chi connectivity index (χ0n) is 17.5. The fraction of sp³-hybridized carbons (Fsp3) is 0.478. The lowest BCUT2D eigenvalue weighted by Crippen LogP contribution is -2.28. The maximum atomic E-state index is 12.7. The monoisotopic (exact) mass is 409 g/mol. The van der Waals surface area contributed by atoms with E-state index >= 15 is 0 Å². The van der Waals surface area contributed by atoms with E-state index in [4.69, 9.17) is 4.74 Å². The molecule has 2 rings (SSSR count). The van der Waals surface area contributed by atoms with Crippen molar-refractivity contribution in [2.45, 2.75) is 58.9 Å². The molecule has 1 aromatic carbocycles. The molecule has 29 heavy (non-hydrogen) atoms. The molecule has 0 amide bonds. The van der Waals surface area contributed by atoms with Gasteiger partial charge in [-0.25, -0.2) is 0 Å². The minimum atomic E-state index is -4.59. The molecule has 0 saturated heterocycles. The number of allylic oxidation sites excluding steroid dienone is 2. The van der Waals surface area contributed by atoms with E-state index in [1.165, 1.54) is 0 Å². The van der Waals surface area contributed by atoms with Gasteiger partial charge >= 0.3 is 6.18 Å². The van der Waals surface area contributed by atoms with Crippen molar-refractivity contribution >= 4 is 22.6 Å². The molecule has 1 aromatic heterocycles. The molecule has 0 aliphatic rings. The molecule has 0 saturated carbocycles. The molecule has 2 atom stereocenters. The predicted octanol–water partition coefficient (Wildman–Crippen LogP) is 6.45. The third kappa shape index (κ3) is 5.44. The highest BCUT2D eigenvalue weighted by Crippen LogP contribution is 2.35. The van der Waals surface area contributed by atoms with Gasteiger partial charge in [-0.3, -0.25) is 0 Å². The number of aliphatic hydroxyl groups is 1. The van der Waals surface area contributed by atoms with Gasteiger partial charge in [-0.05, 0) is 43.4 Å². The molecule has 0 spiro atoms. The van der Waals surface area contributed by atoms with Crippen molar-refractivity contribution in [2.24, 2.45) is 5.92 Å². The van der Waals surface area contributed by atoms with Crippen molar-refractivity contribution in [3.63, 3.8) is 0 Å². The van der Waals surface area contributed by atoms with Crippen LogP contribution in [-0.4, -0.2) is 29.1 Å². The normalized spacial score (nSPS) is 14.5. The van der Waals surface area contributed by atoms with E-state index < -0.39 is 12.3 Å². The highest BCUT2D eigenvalue weighted by Gasteiger charge is 2.37. The van der Waals surface area contributed by atoms with Gasteiger partial charge in [0.15, 0.2) is 0 Å². The Morgan fingerprint density at radius 1 is 1.34 bits per heavy atom. The summed E-state index contributed by atoms with van der Waals surface area (Å²) in [5.41, 5.74) is 3.62. The maximum absolute atomic E-state index is 12.7. The largest absolute Gasteiger partial charge is 0.497 e. The summed E-state index contributed by atoms with van der Waals surface area (Å²) in [5.74, 6) is 1.09. The van der Waals surface area contributed by atoms with Gasteiger partial charge in [0.1, 0.15) is 11.9 Å². The Morgan fingerprint density at radius 2 is 2.03 bits per heavy atom. The van der Waals surface area contributed by atoms with Crippen LogP contribution < -0.4 is 4.74 Å². The zero-order chi connectivity index (χ0) is 21.8. The van der Waals surface area contributed by atoms with Crippen LogP contribution in [0.5, 0.6) is 5.75 Å². The van der Waals surface area contributed by atoms with Gasteiger partial charge in [-0.15, -0.1) is 0 Å². The molecule has 2 aromatic rings. The summed E-state index contributed by atoms with van der Waals surface area (Å²) in [5, 5.41) is 10.3. The summed E-state index contributed by atoms with van der Waals surface area (Å²) in [6.07, 6.45) is -1.82. The fourth-order valence-electron chi connectivity index (χ4n) is 3.35. The van der Waals surface area contributed by atoms with Gasteiger partial charge in [0.25, 0.3) is 0 Å². The quantitative estimate of drug-likeness (QED) is 0.517. The number of hydrogen-bond donors (Lipinski definition) is 1. The van der Waals surface area contributed by atoms with E-state index in [1.807, 2.05) is 29.7 Å². The number of nitrogens with zero attached hydrogens (tertiary/aromatic N) is 1. The molecule has 1 heterocycles. The number of aliphatic hydroxyl groups excluding tert-OH is 1. The molecular formula is C23H30F3NO2. The van der Waals surface area contributed by atoms with E-state index in [0.717, 1.165) is 34.2 Å². The molecule has 0 bridgehead atoms. The number of benzene rings is 1. The topological polar surface area (TPSA) is 34.4 Å². The van der Waals surface area contributed by atoms with Crippen molar-refractivity contribution in [1.82, 2.24) is 4.57 Å². The third-order valence-electron chi connectivity index (χ3n) is 5.19. The van der Waals surface area contributed by atoms with Crippen molar-refractivity contribution in [3.8, 4) is 5.75 Å². The van der Waals surface area contributed by atoms with E-state index in [0.29, 0.717) is 18.2 Å². The average molecular weight is 409 g/mol. The molecule has 0 aliphatic carbocycles. The number of hydrogen-bond acceptors (Lipinski definition) is 2. The average Bonchev–Trinajstić information content (AvgIpc) is 2.98. The Bertz CT molecular complexity index is 880. The smallest absolute Gasteiger partial charge is 0.414 e. The van der Waals surface area contributed by atoms with Crippen molar-refractivity contribution in [3.05, 3.63) is 42.1 Å². The molecule has 3 nitrogen and oxygen atoms in total. The van der Waals surface area contributed by atoms with Crippen LogP contribution >= 0.6 is 0 Å². The Labute approximate surface area is 170 Å². The van der Waals surface area contributed by atoms with Crippen LogP contribution in [0.25, 0.3) is 22.6 Å². The number of fused-ring (bicyclic) bond motifs is 1. The van der Waals surface area contributed by atoms with Gasteiger partial charge in [0.2, 0.25) is 0 Å². The van der Waals surface area contributed by atoms with Crippen LogP contribution in [0.3, 0.4) is 0 Å². The number of aryl methyl sites for hydroxylation is 1. The second kappa shape index (κ2) is 9.53. The van der Waals surface area contributed by atoms with E-state index in [9.17, 15) is 18.3 Å².